The van der Waals surface area contributed by atoms with Gasteiger partial charge in [0, 0.05) is 12.5 Å². The van der Waals surface area contributed by atoms with E-state index in [4.69, 9.17) is 14.2 Å². The third kappa shape index (κ3) is 2.84. The number of benzene rings is 1. The molecule has 1 heterocycles. The van der Waals surface area contributed by atoms with Crippen LogP contribution in [0, 0.1) is 0 Å². The van der Waals surface area contributed by atoms with Gasteiger partial charge in [-0.05, 0) is 23.0 Å². The highest BCUT2D eigenvalue weighted by atomic mass is 79.9. The second kappa shape index (κ2) is 6.25. The number of fused-ring (bicyclic) bond motifs is 1. The fourth-order valence-corrected chi connectivity index (χ4v) is 2.53. The van der Waals surface area contributed by atoms with Crippen molar-refractivity contribution >= 4 is 21.7 Å². The topological polar surface area (TPSA) is 56.8 Å². The molecule has 0 saturated carbocycles. The van der Waals surface area contributed by atoms with Gasteiger partial charge in [-0.1, -0.05) is 0 Å². The molecule has 1 aliphatic heterocycles. The van der Waals surface area contributed by atoms with Gasteiger partial charge in [0.05, 0.1) is 31.3 Å². The van der Waals surface area contributed by atoms with E-state index in [9.17, 15) is 4.79 Å². The molecule has 1 aliphatic rings. The number of hydrogen-bond acceptors (Lipinski definition) is 5. The van der Waals surface area contributed by atoms with Crippen LogP contribution < -0.4 is 19.5 Å². The van der Waals surface area contributed by atoms with Crippen LogP contribution in [0.3, 0.4) is 0 Å². The van der Waals surface area contributed by atoms with Crippen molar-refractivity contribution in [3.63, 3.8) is 0 Å². The van der Waals surface area contributed by atoms with Crippen LogP contribution in [-0.2, 0) is 0 Å². The minimum absolute atomic E-state index is 0.0950. The predicted octanol–water partition coefficient (Wildman–Crippen LogP) is 2.02. The van der Waals surface area contributed by atoms with Gasteiger partial charge in [-0.15, -0.1) is 0 Å². The fraction of sp³-hybridized carbons (Fsp3) is 0.462. The minimum atomic E-state index is -0.0950. The van der Waals surface area contributed by atoms with Crippen molar-refractivity contribution in [2.45, 2.75) is 6.42 Å². The van der Waals surface area contributed by atoms with Crippen LogP contribution in [0.25, 0.3) is 0 Å². The van der Waals surface area contributed by atoms with E-state index < -0.39 is 0 Å². The van der Waals surface area contributed by atoms with E-state index in [0.29, 0.717) is 40.5 Å². The second-order valence-electron chi connectivity index (χ2n) is 4.10. The maximum absolute atomic E-state index is 12.3. The highest BCUT2D eigenvalue weighted by Gasteiger charge is 2.26. The number of ether oxygens (including phenoxy) is 3. The third-order valence-electron chi connectivity index (χ3n) is 2.77. The molecule has 1 aromatic carbocycles. The lowest BCUT2D eigenvalue weighted by atomic mass is 10.1. The molecule has 0 saturated heterocycles. The molecule has 0 unspecified atom stereocenters. The summed E-state index contributed by atoms with van der Waals surface area (Å²) in [6, 6.07) is 1.77. The zero-order chi connectivity index (χ0) is 13.8. The number of hydrogen-bond donors (Lipinski definition) is 1. The molecule has 1 aromatic rings. The Morgan fingerprint density at radius 1 is 1.47 bits per heavy atom. The van der Waals surface area contributed by atoms with Gasteiger partial charge in [-0.25, -0.2) is 0 Å². The Morgan fingerprint density at radius 3 is 2.89 bits per heavy atom. The summed E-state index contributed by atoms with van der Waals surface area (Å²) < 4.78 is 17.3. The van der Waals surface area contributed by atoms with Gasteiger partial charge in [0.25, 0.3) is 0 Å². The molecule has 0 spiro atoms. The molecular weight excluding hydrogens is 314 g/mol. The average Bonchev–Trinajstić information content (AvgIpc) is 2.62. The number of rotatable bonds is 4. The average molecular weight is 330 g/mol. The van der Waals surface area contributed by atoms with Gasteiger partial charge in [0.2, 0.25) is 0 Å². The number of likely N-dealkylation sites (N-methyl/N-ethyl adjacent to an activating group) is 1. The lowest BCUT2D eigenvalue weighted by Crippen LogP contribution is -2.20. The van der Waals surface area contributed by atoms with Crippen LogP contribution in [0.5, 0.6) is 17.2 Å². The zero-order valence-electron chi connectivity index (χ0n) is 10.9. The normalized spacial score (nSPS) is 13.8. The monoisotopic (exact) mass is 329 g/mol. The summed E-state index contributed by atoms with van der Waals surface area (Å²) in [6.45, 7) is 1.31. The molecule has 0 amide bonds. The van der Waals surface area contributed by atoms with E-state index in [1.807, 2.05) is 0 Å². The summed E-state index contributed by atoms with van der Waals surface area (Å²) in [5.74, 6) is 1.43. The smallest absolute Gasteiger partial charge is 0.184 e. The van der Waals surface area contributed by atoms with Crippen molar-refractivity contribution in [2.75, 3.05) is 33.9 Å². The van der Waals surface area contributed by atoms with Crippen molar-refractivity contribution < 1.29 is 19.0 Å². The molecule has 104 valence electrons. The van der Waals surface area contributed by atoms with Crippen LogP contribution in [0.15, 0.2) is 10.5 Å². The lowest BCUT2D eigenvalue weighted by Gasteiger charge is -2.16. The highest BCUT2D eigenvalue weighted by Crippen LogP contribution is 2.44. The fourth-order valence-electron chi connectivity index (χ4n) is 1.96. The Labute approximate surface area is 120 Å². The SMILES string of the molecule is CNCC(=O)c1c(OC)c(Br)cc2c1OCCCO2. The van der Waals surface area contributed by atoms with E-state index >= 15 is 0 Å². The maximum atomic E-state index is 12.3. The first-order chi connectivity index (χ1) is 9.19. The van der Waals surface area contributed by atoms with Crippen LogP contribution in [0.4, 0.5) is 0 Å². The molecule has 0 aromatic heterocycles. The van der Waals surface area contributed by atoms with Crippen molar-refractivity contribution in [2.24, 2.45) is 0 Å². The van der Waals surface area contributed by atoms with Crippen LogP contribution in [0.1, 0.15) is 16.8 Å². The maximum Gasteiger partial charge on any atom is 0.184 e. The predicted molar refractivity (Wildman–Crippen MR) is 74.6 cm³/mol. The molecule has 0 radical (unpaired) electrons. The van der Waals surface area contributed by atoms with Gasteiger partial charge in [0.1, 0.15) is 11.3 Å². The zero-order valence-corrected chi connectivity index (χ0v) is 12.5. The summed E-state index contributed by atoms with van der Waals surface area (Å²) in [5, 5.41) is 2.84. The molecular formula is C13H16BrNO4. The Balaban J connectivity index is 2.58. The Morgan fingerprint density at radius 2 is 2.21 bits per heavy atom. The quantitative estimate of drug-likeness (QED) is 0.856. The molecule has 6 heteroatoms. The van der Waals surface area contributed by atoms with Crippen molar-refractivity contribution in [1.29, 1.82) is 0 Å². The summed E-state index contributed by atoms with van der Waals surface area (Å²) >= 11 is 3.40. The number of nitrogens with one attached hydrogen (secondary N) is 1. The number of methoxy groups -OCH3 is 1. The molecule has 0 aliphatic carbocycles. The summed E-state index contributed by atoms with van der Waals surface area (Å²) in [5.41, 5.74) is 0.420. The Bertz CT molecular complexity index is 490. The van der Waals surface area contributed by atoms with Crippen LogP contribution in [-0.4, -0.2) is 39.7 Å². The van der Waals surface area contributed by atoms with E-state index in [-0.39, 0.29) is 12.3 Å². The van der Waals surface area contributed by atoms with Crippen molar-refractivity contribution in [3.8, 4) is 17.2 Å². The number of carbonyl (C=O) groups is 1. The van der Waals surface area contributed by atoms with Gasteiger partial charge in [-0.2, -0.15) is 0 Å². The molecule has 19 heavy (non-hydrogen) atoms. The first-order valence-electron chi connectivity index (χ1n) is 6.03. The number of Topliss-reactive ketones (excluding diaryl/α,β-unsaturated/α-hetero) is 1. The van der Waals surface area contributed by atoms with E-state index in [1.54, 1.807) is 13.1 Å². The van der Waals surface area contributed by atoms with Crippen molar-refractivity contribution in [1.82, 2.24) is 5.32 Å². The number of halogens is 1. The number of carbonyl (C=O) groups excluding carboxylic acids is 1. The molecule has 0 bridgehead atoms. The van der Waals surface area contributed by atoms with Crippen molar-refractivity contribution in [3.05, 3.63) is 16.1 Å². The minimum Gasteiger partial charge on any atom is -0.495 e. The van der Waals surface area contributed by atoms with E-state index in [0.717, 1.165) is 6.42 Å². The second-order valence-corrected chi connectivity index (χ2v) is 4.95. The van der Waals surface area contributed by atoms with Gasteiger partial charge in [0.15, 0.2) is 17.3 Å². The molecule has 2 rings (SSSR count). The molecule has 1 N–H and O–H groups in total. The first kappa shape index (κ1) is 14.1. The summed E-state index contributed by atoms with van der Waals surface area (Å²) in [7, 11) is 3.25. The van der Waals surface area contributed by atoms with Crippen LogP contribution in [0.2, 0.25) is 0 Å². The number of ketones is 1. The largest absolute Gasteiger partial charge is 0.495 e. The van der Waals surface area contributed by atoms with E-state index in [1.165, 1.54) is 7.11 Å². The first-order valence-corrected chi connectivity index (χ1v) is 6.82. The van der Waals surface area contributed by atoms with Gasteiger partial charge < -0.3 is 19.5 Å². The summed E-state index contributed by atoms with van der Waals surface area (Å²) in [6.07, 6.45) is 0.786. The standard InChI is InChI=1S/C13H16BrNO4/c1-15-7-9(16)11-12(17-2)8(14)6-10-13(11)19-5-3-4-18-10/h6,15H,3-5,7H2,1-2H3. The Hall–Kier alpha value is -1.27. The van der Waals surface area contributed by atoms with Gasteiger partial charge >= 0.3 is 0 Å². The van der Waals surface area contributed by atoms with Crippen LogP contribution >= 0.6 is 15.9 Å². The summed E-state index contributed by atoms with van der Waals surface area (Å²) in [4.78, 5) is 12.3. The lowest BCUT2D eigenvalue weighted by molar-refractivity contribution is 0.0986. The molecule has 0 fully saturated rings. The third-order valence-corrected chi connectivity index (χ3v) is 3.35. The van der Waals surface area contributed by atoms with Gasteiger partial charge in [-0.3, -0.25) is 4.79 Å². The Kier molecular flexibility index (Phi) is 4.66. The molecule has 5 nitrogen and oxygen atoms in total. The van der Waals surface area contributed by atoms with E-state index in [2.05, 4.69) is 21.2 Å². The molecule has 0 atom stereocenters. The highest BCUT2D eigenvalue weighted by molar-refractivity contribution is 9.10.